The van der Waals surface area contributed by atoms with Gasteiger partial charge in [-0.05, 0) is 44.0 Å². The summed E-state index contributed by atoms with van der Waals surface area (Å²) in [7, 11) is 0. The first-order valence-corrected chi connectivity index (χ1v) is 8.49. The van der Waals surface area contributed by atoms with Gasteiger partial charge in [-0.3, -0.25) is 14.6 Å². The Hall–Kier alpha value is -1.39. The molecule has 0 bridgehead atoms. The molecule has 120 valence electrons. The summed E-state index contributed by atoms with van der Waals surface area (Å²) in [6.07, 6.45) is 2.50. The summed E-state index contributed by atoms with van der Waals surface area (Å²) in [6.45, 7) is 9.71. The normalized spacial score (nSPS) is 20.5. The maximum Gasteiger partial charge on any atom is 0.236 e. The van der Waals surface area contributed by atoms with Crippen LogP contribution in [0.25, 0.3) is 0 Å². The molecule has 22 heavy (non-hydrogen) atoms. The molecule has 1 amide bonds. The van der Waals surface area contributed by atoms with Gasteiger partial charge in [-0.15, -0.1) is 0 Å². The van der Waals surface area contributed by atoms with Crippen LogP contribution in [0, 0.1) is 6.92 Å². The van der Waals surface area contributed by atoms with Crippen LogP contribution in [-0.2, 0) is 11.3 Å². The number of rotatable bonds is 4. The summed E-state index contributed by atoms with van der Waals surface area (Å²) in [6, 6.07) is 8.58. The number of carbonyl (C=O) groups is 1. The molecular weight excluding hydrogens is 274 g/mol. The molecule has 0 atom stereocenters. The van der Waals surface area contributed by atoms with Gasteiger partial charge in [0.25, 0.3) is 0 Å². The fraction of sp³-hybridized carbons (Fsp3) is 0.611. The summed E-state index contributed by atoms with van der Waals surface area (Å²) in [5.74, 6) is 0.317. The van der Waals surface area contributed by atoms with Crippen molar-refractivity contribution in [2.24, 2.45) is 0 Å². The topological polar surface area (TPSA) is 26.8 Å². The lowest BCUT2D eigenvalue weighted by Crippen LogP contribution is -2.50. The molecular formula is C18H27N3O. The molecule has 2 saturated heterocycles. The quantitative estimate of drug-likeness (QED) is 0.847. The molecule has 2 aliphatic heterocycles. The number of nitrogens with zero attached hydrogens (tertiary/aromatic N) is 3. The van der Waals surface area contributed by atoms with Crippen LogP contribution in [0.1, 0.15) is 24.0 Å². The third kappa shape index (κ3) is 3.87. The van der Waals surface area contributed by atoms with E-state index in [9.17, 15) is 4.79 Å². The minimum Gasteiger partial charge on any atom is -0.339 e. The molecule has 4 nitrogen and oxygen atoms in total. The van der Waals surface area contributed by atoms with Crippen molar-refractivity contribution in [1.82, 2.24) is 14.7 Å². The van der Waals surface area contributed by atoms with E-state index < -0.39 is 0 Å². The lowest BCUT2D eigenvalue weighted by Gasteiger charge is -2.35. The van der Waals surface area contributed by atoms with Crippen LogP contribution >= 0.6 is 0 Å². The number of carbonyl (C=O) groups excluding carboxylic acids is 1. The van der Waals surface area contributed by atoms with Crippen LogP contribution in [-0.4, -0.2) is 66.4 Å². The second-order valence-electron chi connectivity index (χ2n) is 6.57. The second kappa shape index (κ2) is 7.25. The zero-order chi connectivity index (χ0) is 15.4. The van der Waals surface area contributed by atoms with Gasteiger partial charge in [0.1, 0.15) is 0 Å². The minimum absolute atomic E-state index is 0.317. The zero-order valence-corrected chi connectivity index (χ0v) is 13.6. The molecule has 2 fully saturated rings. The highest BCUT2D eigenvalue weighted by atomic mass is 16.2. The molecule has 0 aromatic heterocycles. The Morgan fingerprint density at radius 2 is 1.64 bits per heavy atom. The van der Waals surface area contributed by atoms with E-state index in [-0.39, 0.29) is 0 Å². The van der Waals surface area contributed by atoms with Gasteiger partial charge in [-0.2, -0.15) is 0 Å². The Morgan fingerprint density at radius 3 is 2.32 bits per heavy atom. The average Bonchev–Trinajstić information content (AvgIpc) is 3.03. The van der Waals surface area contributed by atoms with Gasteiger partial charge >= 0.3 is 0 Å². The molecule has 0 unspecified atom stereocenters. The van der Waals surface area contributed by atoms with E-state index in [4.69, 9.17) is 0 Å². The highest BCUT2D eigenvalue weighted by Crippen LogP contribution is 2.13. The number of benzene rings is 1. The predicted octanol–water partition coefficient (Wildman–Crippen LogP) is 1.74. The predicted molar refractivity (Wildman–Crippen MR) is 88.7 cm³/mol. The Balaban J connectivity index is 1.45. The largest absolute Gasteiger partial charge is 0.339 e. The van der Waals surface area contributed by atoms with Gasteiger partial charge in [0.15, 0.2) is 0 Å². The molecule has 0 spiro atoms. The molecule has 4 heteroatoms. The summed E-state index contributed by atoms with van der Waals surface area (Å²) in [5, 5.41) is 0. The van der Waals surface area contributed by atoms with Gasteiger partial charge < -0.3 is 4.90 Å². The number of hydrogen-bond donors (Lipinski definition) is 0. The van der Waals surface area contributed by atoms with E-state index in [1.807, 2.05) is 4.90 Å². The maximum absolute atomic E-state index is 12.3. The van der Waals surface area contributed by atoms with Crippen molar-refractivity contribution in [2.45, 2.75) is 26.3 Å². The molecule has 2 heterocycles. The van der Waals surface area contributed by atoms with Gasteiger partial charge in [-0.1, -0.05) is 24.3 Å². The van der Waals surface area contributed by atoms with Crippen molar-refractivity contribution < 1.29 is 4.79 Å². The lowest BCUT2D eigenvalue weighted by atomic mass is 10.1. The first kappa shape index (κ1) is 15.5. The molecule has 1 aromatic rings. The van der Waals surface area contributed by atoms with Crippen molar-refractivity contribution in [3.8, 4) is 0 Å². The van der Waals surface area contributed by atoms with Crippen LogP contribution in [0.15, 0.2) is 24.3 Å². The van der Waals surface area contributed by atoms with E-state index >= 15 is 0 Å². The fourth-order valence-corrected chi connectivity index (χ4v) is 3.42. The third-order valence-corrected chi connectivity index (χ3v) is 4.94. The summed E-state index contributed by atoms with van der Waals surface area (Å²) < 4.78 is 0. The SMILES string of the molecule is Cc1ccccc1CN1CCN(C(=O)CN2CCCC2)CC1. The molecule has 2 aliphatic rings. The fourth-order valence-electron chi connectivity index (χ4n) is 3.42. The molecule has 3 rings (SSSR count). The molecule has 1 aromatic carbocycles. The number of amides is 1. The van der Waals surface area contributed by atoms with E-state index in [1.165, 1.54) is 24.0 Å². The first-order chi connectivity index (χ1) is 10.7. The van der Waals surface area contributed by atoms with Gasteiger partial charge in [0.2, 0.25) is 5.91 Å². The zero-order valence-electron chi connectivity index (χ0n) is 13.6. The van der Waals surface area contributed by atoms with Crippen molar-refractivity contribution in [2.75, 3.05) is 45.8 Å². The van der Waals surface area contributed by atoms with Crippen LogP contribution in [0.2, 0.25) is 0 Å². The maximum atomic E-state index is 12.3. The number of piperazine rings is 1. The van der Waals surface area contributed by atoms with Crippen LogP contribution in [0.3, 0.4) is 0 Å². The highest BCUT2D eigenvalue weighted by Gasteiger charge is 2.23. The molecule has 0 radical (unpaired) electrons. The number of aryl methyl sites for hydroxylation is 1. The van der Waals surface area contributed by atoms with Crippen LogP contribution < -0.4 is 0 Å². The molecule has 0 N–H and O–H groups in total. The van der Waals surface area contributed by atoms with Gasteiger partial charge in [-0.25, -0.2) is 0 Å². The Labute approximate surface area is 133 Å². The van der Waals surface area contributed by atoms with Gasteiger partial charge in [0.05, 0.1) is 6.54 Å². The van der Waals surface area contributed by atoms with E-state index in [2.05, 4.69) is 41.0 Å². The minimum atomic E-state index is 0.317. The van der Waals surface area contributed by atoms with Crippen LogP contribution in [0.4, 0.5) is 0 Å². The Bertz CT molecular complexity index is 503. The van der Waals surface area contributed by atoms with Gasteiger partial charge in [0, 0.05) is 32.7 Å². The van der Waals surface area contributed by atoms with E-state index in [0.717, 1.165) is 45.8 Å². The third-order valence-electron chi connectivity index (χ3n) is 4.94. The van der Waals surface area contributed by atoms with Crippen molar-refractivity contribution in [3.05, 3.63) is 35.4 Å². The van der Waals surface area contributed by atoms with Crippen molar-refractivity contribution in [3.63, 3.8) is 0 Å². The summed E-state index contributed by atoms with van der Waals surface area (Å²) in [5.41, 5.74) is 2.76. The van der Waals surface area contributed by atoms with E-state index in [0.29, 0.717) is 12.5 Å². The highest BCUT2D eigenvalue weighted by molar-refractivity contribution is 5.78. The summed E-state index contributed by atoms with van der Waals surface area (Å²) in [4.78, 5) is 19.1. The monoisotopic (exact) mass is 301 g/mol. The Morgan fingerprint density at radius 1 is 0.955 bits per heavy atom. The average molecular weight is 301 g/mol. The second-order valence-corrected chi connectivity index (χ2v) is 6.57. The summed E-state index contributed by atoms with van der Waals surface area (Å²) >= 11 is 0. The van der Waals surface area contributed by atoms with Crippen molar-refractivity contribution >= 4 is 5.91 Å². The number of hydrogen-bond acceptors (Lipinski definition) is 3. The number of likely N-dealkylation sites (tertiary alicyclic amines) is 1. The molecule has 0 saturated carbocycles. The van der Waals surface area contributed by atoms with Crippen molar-refractivity contribution in [1.29, 1.82) is 0 Å². The standard InChI is InChI=1S/C18H27N3O/c1-16-6-2-3-7-17(16)14-20-10-12-21(13-11-20)18(22)15-19-8-4-5-9-19/h2-3,6-7H,4-5,8-15H2,1H3. The lowest BCUT2D eigenvalue weighted by molar-refractivity contribution is -0.134. The Kier molecular flexibility index (Phi) is 5.11. The van der Waals surface area contributed by atoms with E-state index in [1.54, 1.807) is 0 Å². The molecule has 0 aliphatic carbocycles. The smallest absolute Gasteiger partial charge is 0.236 e. The van der Waals surface area contributed by atoms with Crippen LogP contribution in [0.5, 0.6) is 0 Å². The first-order valence-electron chi connectivity index (χ1n) is 8.49.